The summed E-state index contributed by atoms with van der Waals surface area (Å²) in [5, 5.41) is 13.9. The monoisotopic (exact) mass is 504 g/mol. The first-order chi connectivity index (χ1) is 17.6. The van der Waals surface area contributed by atoms with Crippen molar-refractivity contribution in [2.75, 3.05) is 60.0 Å². The second kappa shape index (κ2) is 15.9. The first-order valence-corrected chi connectivity index (χ1v) is 12.2. The minimum absolute atomic E-state index is 0.0507. The number of hydrogen-bond acceptors (Lipinski definition) is 9. The summed E-state index contributed by atoms with van der Waals surface area (Å²) in [5.74, 6) is 0. The molecule has 0 saturated carbocycles. The topological polar surface area (TPSA) is 119 Å². The number of fused-ring (bicyclic) bond motifs is 3. The van der Waals surface area contributed by atoms with Crippen molar-refractivity contribution in [1.29, 1.82) is 0 Å². The first-order valence-electron chi connectivity index (χ1n) is 12.2. The Balaban J connectivity index is 0.00000222. The van der Waals surface area contributed by atoms with Crippen molar-refractivity contribution in [2.45, 2.75) is 32.1 Å². The third-order valence-electron chi connectivity index (χ3n) is 5.98. The number of nitro groups is 1. The van der Waals surface area contributed by atoms with Crippen LogP contribution in [0.5, 0.6) is 0 Å². The third kappa shape index (κ3) is 7.54. The molecule has 10 heteroatoms. The number of rotatable bonds is 17. The number of hydrogen-bond donors (Lipinski definition) is 0. The first kappa shape index (κ1) is 29.3. The molecule has 1 atom stereocenters. The molecule has 198 valence electrons. The number of nitro benzene ring substituents is 1. The molecule has 0 amide bonds. The highest BCUT2D eigenvalue weighted by molar-refractivity contribution is 5.82. The summed E-state index contributed by atoms with van der Waals surface area (Å²) < 4.78 is 22.0. The molecule has 0 heterocycles. The van der Waals surface area contributed by atoms with Gasteiger partial charge in [-0.15, -0.1) is 4.91 Å². The van der Waals surface area contributed by atoms with Gasteiger partial charge in [-0.05, 0) is 41.2 Å². The number of non-ortho nitro benzene ring substituents is 1. The highest BCUT2D eigenvalue weighted by Crippen LogP contribution is 2.53. The molecule has 3 rings (SSSR count). The summed E-state index contributed by atoms with van der Waals surface area (Å²) in [4.78, 5) is 25.7. The standard InChI is InChI=1S/C24H30N2O8.C2H6/c1-30-12-13-33-15-14-31-10-8-24(9-11-32-16-17-34-25-27)22-5-3-2-4-20(22)21-7-6-19(26(28)29)18-23(21)24;1-2/h2-7,18H,8-17H2,1H3;1-2H3. The average Bonchev–Trinajstić information content (AvgIpc) is 3.18. The van der Waals surface area contributed by atoms with Gasteiger partial charge in [0.25, 0.3) is 5.69 Å². The molecule has 36 heavy (non-hydrogen) atoms. The molecule has 0 spiro atoms. The molecule has 1 aliphatic rings. The molecule has 2 aromatic rings. The molecular weight excluding hydrogens is 468 g/mol. The molecule has 0 aromatic heterocycles. The van der Waals surface area contributed by atoms with E-state index in [0.29, 0.717) is 52.5 Å². The van der Waals surface area contributed by atoms with E-state index in [1.807, 2.05) is 38.1 Å². The van der Waals surface area contributed by atoms with Gasteiger partial charge in [0.2, 0.25) is 0 Å². The Morgan fingerprint density at radius 1 is 0.806 bits per heavy atom. The van der Waals surface area contributed by atoms with Crippen molar-refractivity contribution in [3.05, 3.63) is 68.6 Å². The van der Waals surface area contributed by atoms with Crippen LogP contribution in [0.4, 0.5) is 5.69 Å². The van der Waals surface area contributed by atoms with Gasteiger partial charge in [-0.25, -0.2) is 0 Å². The minimum atomic E-state index is -0.515. The van der Waals surface area contributed by atoms with Crippen LogP contribution >= 0.6 is 0 Å². The van der Waals surface area contributed by atoms with Crippen LogP contribution in [0.1, 0.15) is 37.8 Å². The Labute approximate surface area is 211 Å². The van der Waals surface area contributed by atoms with Crippen LogP contribution < -0.4 is 0 Å². The fourth-order valence-corrected chi connectivity index (χ4v) is 4.41. The Morgan fingerprint density at radius 3 is 2.03 bits per heavy atom. The van der Waals surface area contributed by atoms with E-state index in [0.717, 1.165) is 22.3 Å². The maximum Gasteiger partial charge on any atom is 0.269 e. The number of methoxy groups -OCH3 is 1. The van der Waals surface area contributed by atoms with Crippen LogP contribution in [-0.4, -0.2) is 64.9 Å². The predicted molar refractivity (Wildman–Crippen MR) is 136 cm³/mol. The molecule has 0 bridgehead atoms. The molecule has 1 aliphatic carbocycles. The summed E-state index contributed by atoms with van der Waals surface area (Å²) >= 11 is 0. The lowest BCUT2D eigenvalue weighted by Crippen LogP contribution is -2.29. The number of nitrogens with zero attached hydrogens (tertiary/aromatic N) is 2. The lowest BCUT2D eigenvalue weighted by atomic mass is 9.73. The van der Waals surface area contributed by atoms with Crippen molar-refractivity contribution < 1.29 is 28.7 Å². The lowest BCUT2D eigenvalue weighted by Gasteiger charge is -2.32. The summed E-state index contributed by atoms with van der Waals surface area (Å²) in [6.45, 7) is 7.06. The molecule has 10 nitrogen and oxygen atoms in total. The number of ether oxygens (including phenoxy) is 4. The van der Waals surface area contributed by atoms with Gasteiger partial charge in [-0.1, -0.05) is 38.1 Å². The van der Waals surface area contributed by atoms with Crippen LogP contribution in [0.15, 0.2) is 47.8 Å². The van der Waals surface area contributed by atoms with E-state index in [2.05, 4.69) is 16.2 Å². The normalized spacial score (nSPS) is 15.4. The van der Waals surface area contributed by atoms with E-state index >= 15 is 0 Å². The van der Waals surface area contributed by atoms with Crippen molar-refractivity contribution in [1.82, 2.24) is 0 Å². The second-order valence-corrected chi connectivity index (χ2v) is 7.85. The van der Waals surface area contributed by atoms with Crippen LogP contribution in [0.25, 0.3) is 11.1 Å². The maximum absolute atomic E-state index is 11.5. The smallest absolute Gasteiger partial charge is 0.269 e. The molecule has 2 aromatic carbocycles. The molecule has 0 N–H and O–H groups in total. The van der Waals surface area contributed by atoms with Gasteiger partial charge < -0.3 is 23.8 Å². The highest BCUT2D eigenvalue weighted by atomic mass is 16.7. The summed E-state index contributed by atoms with van der Waals surface area (Å²) in [7, 11) is 1.62. The Bertz CT molecular complexity index is 955. The summed E-state index contributed by atoms with van der Waals surface area (Å²) in [6.07, 6.45) is 1.20. The Kier molecular flexibility index (Phi) is 13.0. The quantitative estimate of drug-likeness (QED) is 0.127. The fraction of sp³-hybridized carbons (Fsp3) is 0.538. The van der Waals surface area contributed by atoms with Crippen molar-refractivity contribution in [3.63, 3.8) is 0 Å². The molecule has 0 saturated heterocycles. The van der Waals surface area contributed by atoms with Crippen LogP contribution in [-0.2, 0) is 29.2 Å². The van der Waals surface area contributed by atoms with Gasteiger partial charge in [-0.3, -0.25) is 10.1 Å². The zero-order chi connectivity index (χ0) is 26.2. The molecule has 0 fully saturated rings. The van der Waals surface area contributed by atoms with Crippen LogP contribution in [0.3, 0.4) is 0 Å². The van der Waals surface area contributed by atoms with Gasteiger partial charge in [0.15, 0.2) is 5.34 Å². The van der Waals surface area contributed by atoms with E-state index in [1.165, 1.54) is 0 Å². The van der Waals surface area contributed by atoms with E-state index in [9.17, 15) is 15.0 Å². The third-order valence-corrected chi connectivity index (χ3v) is 5.98. The average molecular weight is 505 g/mol. The van der Waals surface area contributed by atoms with Gasteiger partial charge >= 0.3 is 0 Å². The van der Waals surface area contributed by atoms with Gasteiger partial charge in [-0.2, -0.15) is 0 Å². The van der Waals surface area contributed by atoms with E-state index in [1.54, 1.807) is 19.2 Å². The van der Waals surface area contributed by atoms with Gasteiger partial charge in [0.05, 0.1) is 38.0 Å². The van der Waals surface area contributed by atoms with Crippen LogP contribution in [0.2, 0.25) is 0 Å². The van der Waals surface area contributed by atoms with Gasteiger partial charge in [0, 0.05) is 37.9 Å². The van der Waals surface area contributed by atoms with E-state index in [4.69, 9.17) is 18.9 Å². The summed E-state index contributed by atoms with van der Waals surface area (Å²) in [5.41, 5.74) is 3.58. The van der Waals surface area contributed by atoms with E-state index in [-0.39, 0.29) is 23.8 Å². The Hall–Kier alpha value is -2.92. The van der Waals surface area contributed by atoms with Crippen molar-refractivity contribution in [3.8, 4) is 11.1 Å². The van der Waals surface area contributed by atoms with E-state index < -0.39 is 5.41 Å². The molecule has 0 aliphatic heterocycles. The SMILES string of the molecule is CC.COCCOCCOCCC1(CCOCCON=O)c2ccccc2-c2ccc([N+](=O)[O-])cc21. The molecule has 1 unspecified atom stereocenters. The van der Waals surface area contributed by atoms with Gasteiger partial charge in [0.1, 0.15) is 6.61 Å². The highest BCUT2D eigenvalue weighted by Gasteiger charge is 2.43. The van der Waals surface area contributed by atoms with Crippen molar-refractivity contribution in [2.24, 2.45) is 5.34 Å². The van der Waals surface area contributed by atoms with Crippen molar-refractivity contribution >= 4 is 5.69 Å². The minimum Gasteiger partial charge on any atom is -0.382 e. The predicted octanol–water partition coefficient (Wildman–Crippen LogP) is 5.06. The zero-order valence-electron chi connectivity index (χ0n) is 21.3. The van der Waals surface area contributed by atoms with Crippen LogP contribution in [0, 0.1) is 15.0 Å². The zero-order valence-corrected chi connectivity index (χ0v) is 21.3. The largest absolute Gasteiger partial charge is 0.382 e. The molecule has 0 radical (unpaired) electrons. The number of benzene rings is 2. The Morgan fingerprint density at radius 2 is 1.39 bits per heavy atom. The second-order valence-electron chi connectivity index (χ2n) is 7.85. The fourth-order valence-electron chi connectivity index (χ4n) is 4.41. The lowest BCUT2D eigenvalue weighted by molar-refractivity contribution is -0.384. The maximum atomic E-state index is 11.5. The molecular formula is C26H36N2O8. The summed E-state index contributed by atoms with van der Waals surface area (Å²) in [6, 6.07) is 13.1.